The zero-order valence-corrected chi connectivity index (χ0v) is 6.16. The van der Waals surface area contributed by atoms with Crippen LogP contribution in [0.25, 0.3) is 0 Å². The summed E-state index contributed by atoms with van der Waals surface area (Å²) in [6, 6.07) is 0. The van der Waals surface area contributed by atoms with Crippen molar-refractivity contribution in [2.45, 2.75) is 32.3 Å². The molecule has 0 aliphatic rings. The van der Waals surface area contributed by atoms with Crippen molar-refractivity contribution < 1.29 is 13.5 Å². The van der Waals surface area contributed by atoms with Crippen molar-refractivity contribution in [1.82, 2.24) is 0 Å². The van der Waals surface area contributed by atoms with Crippen LogP contribution in [0, 0.1) is 0 Å². The number of methoxy groups -OCH3 is 1. The van der Waals surface area contributed by atoms with Crippen LogP contribution in [0.15, 0.2) is 0 Å². The SMILES string of the molecule is COC(C)(C)C(C)(F)F. The van der Waals surface area contributed by atoms with Gasteiger partial charge >= 0.3 is 0 Å². The topological polar surface area (TPSA) is 9.23 Å². The van der Waals surface area contributed by atoms with Crippen LogP contribution in [0.1, 0.15) is 20.8 Å². The van der Waals surface area contributed by atoms with E-state index in [0.717, 1.165) is 6.92 Å². The summed E-state index contributed by atoms with van der Waals surface area (Å²) >= 11 is 0. The number of rotatable bonds is 2. The molecule has 9 heavy (non-hydrogen) atoms. The molecule has 0 rings (SSSR count). The van der Waals surface area contributed by atoms with Crippen molar-refractivity contribution in [2.75, 3.05) is 7.11 Å². The van der Waals surface area contributed by atoms with Gasteiger partial charge in [0, 0.05) is 14.0 Å². The molecule has 0 bridgehead atoms. The third kappa shape index (κ3) is 1.90. The van der Waals surface area contributed by atoms with E-state index in [0.29, 0.717) is 0 Å². The summed E-state index contributed by atoms with van der Waals surface area (Å²) in [6.07, 6.45) is 0. The highest BCUT2D eigenvalue weighted by Crippen LogP contribution is 2.29. The summed E-state index contributed by atoms with van der Waals surface area (Å²) in [4.78, 5) is 0. The van der Waals surface area contributed by atoms with E-state index >= 15 is 0 Å². The lowest BCUT2D eigenvalue weighted by atomic mass is 10.0. The maximum absolute atomic E-state index is 12.4. The molecule has 0 aromatic carbocycles. The maximum atomic E-state index is 12.4. The van der Waals surface area contributed by atoms with Gasteiger partial charge in [0.25, 0.3) is 5.92 Å². The monoisotopic (exact) mass is 138 g/mol. The first-order chi connectivity index (χ1) is 3.81. The second-order valence-corrected chi connectivity index (χ2v) is 2.60. The molecule has 0 aliphatic heterocycles. The Kier molecular flexibility index (Phi) is 2.17. The van der Waals surface area contributed by atoms with Gasteiger partial charge in [0.15, 0.2) is 0 Å². The molecule has 0 saturated heterocycles. The van der Waals surface area contributed by atoms with Gasteiger partial charge < -0.3 is 4.74 Å². The van der Waals surface area contributed by atoms with E-state index in [9.17, 15) is 8.78 Å². The smallest absolute Gasteiger partial charge is 0.273 e. The fourth-order valence-electron chi connectivity index (χ4n) is 0.179. The van der Waals surface area contributed by atoms with Crippen LogP contribution in [-0.4, -0.2) is 18.6 Å². The van der Waals surface area contributed by atoms with E-state index < -0.39 is 11.5 Å². The predicted octanol–water partition coefficient (Wildman–Crippen LogP) is 2.07. The molecule has 0 fully saturated rings. The zero-order valence-electron chi connectivity index (χ0n) is 6.16. The Morgan fingerprint density at radius 1 is 1.11 bits per heavy atom. The summed E-state index contributed by atoms with van der Waals surface area (Å²) in [6.45, 7) is 3.55. The first-order valence-electron chi connectivity index (χ1n) is 2.74. The lowest BCUT2D eigenvalue weighted by molar-refractivity contribution is -0.165. The van der Waals surface area contributed by atoms with Gasteiger partial charge in [-0.2, -0.15) is 0 Å². The number of halogens is 2. The van der Waals surface area contributed by atoms with Gasteiger partial charge in [-0.15, -0.1) is 0 Å². The number of ether oxygens (including phenoxy) is 1. The first-order valence-corrected chi connectivity index (χ1v) is 2.74. The second-order valence-electron chi connectivity index (χ2n) is 2.60. The fourth-order valence-corrected chi connectivity index (χ4v) is 0.179. The van der Waals surface area contributed by atoms with Crippen LogP contribution < -0.4 is 0 Å². The third-order valence-corrected chi connectivity index (χ3v) is 1.57. The van der Waals surface area contributed by atoms with Gasteiger partial charge in [-0.05, 0) is 13.8 Å². The molecule has 0 aromatic rings. The van der Waals surface area contributed by atoms with Crippen molar-refractivity contribution >= 4 is 0 Å². The lowest BCUT2D eigenvalue weighted by Gasteiger charge is -2.29. The number of hydrogen-bond donors (Lipinski definition) is 0. The van der Waals surface area contributed by atoms with E-state index in [2.05, 4.69) is 4.74 Å². The lowest BCUT2D eigenvalue weighted by Crippen LogP contribution is -2.41. The fraction of sp³-hybridized carbons (Fsp3) is 1.00. The molecule has 0 radical (unpaired) electrons. The first kappa shape index (κ1) is 8.82. The zero-order chi connectivity index (χ0) is 7.71. The molecule has 0 spiro atoms. The van der Waals surface area contributed by atoms with Crippen molar-refractivity contribution in [3.05, 3.63) is 0 Å². The third-order valence-electron chi connectivity index (χ3n) is 1.57. The van der Waals surface area contributed by atoms with Gasteiger partial charge in [0.1, 0.15) is 5.60 Å². The van der Waals surface area contributed by atoms with E-state index in [-0.39, 0.29) is 0 Å². The molecular weight excluding hydrogens is 126 g/mol. The van der Waals surface area contributed by atoms with Crippen molar-refractivity contribution in [3.8, 4) is 0 Å². The van der Waals surface area contributed by atoms with Gasteiger partial charge in [-0.1, -0.05) is 0 Å². The van der Waals surface area contributed by atoms with Gasteiger partial charge in [-0.25, -0.2) is 8.78 Å². The van der Waals surface area contributed by atoms with Gasteiger partial charge in [0.05, 0.1) is 0 Å². The molecule has 1 nitrogen and oxygen atoms in total. The minimum absolute atomic E-state index is 0.844. The van der Waals surface area contributed by atoms with Crippen LogP contribution in [0.5, 0.6) is 0 Å². The molecule has 0 amide bonds. The molecule has 0 heterocycles. The molecular formula is C6H12F2O. The second kappa shape index (κ2) is 2.21. The standard InChI is InChI=1S/C6H12F2O/c1-5(2,9-4)6(3,7)8/h1-4H3. The van der Waals surface area contributed by atoms with E-state index in [1.165, 1.54) is 21.0 Å². The Morgan fingerprint density at radius 3 is 1.44 bits per heavy atom. The number of alkyl halides is 2. The average Bonchev–Trinajstić information content (AvgIpc) is 1.64. The minimum Gasteiger partial charge on any atom is -0.373 e. The highest BCUT2D eigenvalue weighted by molar-refractivity contribution is 4.81. The Labute approximate surface area is 54.0 Å². The average molecular weight is 138 g/mol. The Balaban J connectivity index is 4.14. The van der Waals surface area contributed by atoms with Crippen LogP contribution in [0.3, 0.4) is 0 Å². The quantitative estimate of drug-likeness (QED) is 0.567. The molecule has 0 unspecified atom stereocenters. The summed E-state index contributed by atoms with van der Waals surface area (Å²) in [5, 5.41) is 0. The Morgan fingerprint density at radius 2 is 1.44 bits per heavy atom. The van der Waals surface area contributed by atoms with Gasteiger partial charge in [-0.3, -0.25) is 0 Å². The summed E-state index contributed by atoms with van der Waals surface area (Å²) < 4.78 is 29.3. The maximum Gasteiger partial charge on any atom is 0.273 e. The van der Waals surface area contributed by atoms with E-state index in [1.54, 1.807) is 0 Å². The summed E-state index contributed by atoms with van der Waals surface area (Å²) in [7, 11) is 1.28. The molecule has 0 saturated carbocycles. The molecule has 56 valence electrons. The van der Waals surface area contributed by atoms with E-state index in [4.69, 9.17) is 0 Å². The highest BCUT2D eigenvalue weighted by atomic mass is 19.3. The molecule has 0 aromatic heterocycles. The van der Waals surface area contributed by atoms with Gasteiger partial charge in [0.2, 0.25) is 0 Å². The van der Waals surface area contributed by atoms with E-state index in [1.807, 2.05) is 0 Å². The predicted molar refractivity (Wildman–Crippen MR) is 31.7 cm³/mol. The summed E-state index contributed by atoms with van der Waals surface area (Å²) in [5.41, 5.74) is -1.35. The van der Waals surface area contributed by atoms with Crippen LogP contribution >= 0.6 is 0 Å². The Hall–Kier alpha value is -0.180. The van der Waals surface area contributed by atoms with Crippen LogP contribution in [0.2, 0.25) is 0 Å². The summed E-state index contributed by atoms with van der Waals surface area (Å²) in [5.74, 6) is -2.78. The largest absolute Gasteiger partial charge is 0.373 e. The normalized spacial score (nSPS) is 14.0. The van der Waals surface area contributed by atoms with Crippen LogP contribution in [0.4, 0.5) is 8.78 Å². The molecule has 3 heteroatoms. The molecule has 0 N–H and O–H groups in total. The van der Waals surface area contributed by atoms with Crippen LogP contribution in [-0.2, 0) is 4.74 Å². The van der Waals surface area contributed by atoms with Crippen molar-refractivity contribution in [2.24, 2.45) is 0 Å². The molecule has 0 atom stereocenters. The molecule has 0 aliphatic carbocycles. The van der Waals surface area contributed by atoms with Crippen molar-refractivity contribution in [3.63, 3.8) is 0 Å². The highest BCUT2D eigenvalue weighted by Gasteiger charge is 2.41. The minimum atomic E-state index is -2.78. The Bertz CT molecular complexity index is 93.7. The number of hydrogen-bond acceptors (Lipinski definition) is 1. The van der Waals surface area contributed by atoms with Crippen molar-refractivity contribution in [1.29, 1.82) is 0 Å².